The molecule has 1 unspecified atom stereocenters. The first kappa shape index (κ1) is 48.4. The molecular weight excluding hydrogens is 620 g/mol. The summed E-state index contributed by atoms with van der Waals surface area (Å²) in [6.07, 6.45) is 46.3. The fourth-order valence-corrected chi connectivity index (χ4v) is 6.13. The van der Waals surface area contributed by atoms with Crippen molar-refractivity contribution >= 4 is 11.9 Å². The first-order valence-electron chi connectivity index (χ1n) is 21.9. The Morgan fingerprint density at radius 1 is 0.420 bits per heavy atom. The zero-order valence-electron chi connectivity index (χ0n) is 33.7. The summed E-state index contributed by atoms with van der Waals surface area (Å²) in [6.45, 7) is 7.72. The minimum absolute atomic E-state index is 0.0840. The van der Waals surface area contributed by atoms with Crippen LogP contribution in [0.3, 0.4) is 0 Å². The third-order valence-corrected chi connectivity index (χ3v) is 9.46. The number of esters is 2. The van der Waals surface area contributed by atoms with E-state index in [1.165, 1.54) is 148 Å². The lowest BCUT2D eigenvalue weighted by Gasteiger charge is -2.18. The van der Waals surface area contributed by atoms with Gasteiger partial charge in [0, 0.05) is 19.4 Å². The maximum absolute atomic E-state index is 12.5. The predicted octanol–water partition coefficient (Wildman–Crippen LogP) is 14.1. The highest BCUT2D eigenvalue weighted by molar-refractivity contribution is 5.70. The van der Waals surface area contributed by atoms with Crippen molar-refractivity contribution in [3.8, 4) is 0 Å². The van der Waals surface area contributed by atoms with E-state index in [0.717, 1.165) is 44.9 Å². The highest BCUT2D eigenvalue weighted by Crippen LogP contribution is 2.13. The van der Waals surface area contributed by atoms with Crippen LogP contribution in [0.25, 0.3) is 0 Å². The second kappa shape index (κ2) is 41.8. The number of allylic oxidation sites excluding steroid dienone is 4. The summed E-state index contributed by atoms with van der Waals surface area (Å²) in [5.41, 5.74) is 0. The van der Waals surface area contributed by atoms with E-state index < -0.39 is 6.10 Å². The van der Waals surface area contributed by atoms with Crippen LogP contribution in [0.2, 0.25) is 0 Å². The van der Waals surface area contributed by atoms with E-state index in [-0.39, 0.29) is 25.2 Å². The summed E-state index contributed by atoms with van der Waals surface area (Å²) in [5.74, 6) is -0.412. The molecule has 0 aliphatic rings. The molecule has 0 fully saturated rings. The Morgan fingerprint density at radius 2 is 0.800 bits per heavy atom. The molecule has 0 spiro atoms. The van der Waals surface area contributed by atoms with E-state index in [0.29, 0.717) is 19.4 Å². The molecule has 50 heavy (non-hydrogen) atoms. The van der Waals surface area contributed by atoms with Crippen molar-refractivity contribution in [2.24, 2.45) is 0 Å². The lowest BCUT2D eigenvalue weighted by molar-refractivity contribution is -0.163. The Hall–Kier alpha value is -1.62. The van der Waals surface area contributed by atoms with Crippen LogP contribution >= 0.6 is 0 Å². The van der Waals surface area contributed by atoms with Crippen LogP contribution < -0.4 is 0 Å². The molecule has 0 saturated heterocycles. The van der Waals surface area contributed by atoms with E-state index in [1.54, 1.807) is 0 Å². The average molecular weight is 705 g/mol. The first-order valence-corrected chi connectivity index (χ1v) is 21.9. The molecule has 294 valence electrons. The van der Waals surface area contributed by atoms with Crippen molar-refractivity contribution in [1.29, 1.82) is 0 Å². The molecule has 0 bridgehead atoms. The first-order chi connectivity index (χ1) is 24.6. The summed E-state index contributed by atoms with van der Waals surface area (Å²) < 4.78 is 17.2. The number of rotatable bonds is 40. The van der Waals surface area contributed by atoms with Gasteiger partial charge in [0.25, 0.3) is 0 Å². The van der Waals surface area contributed by atoms with Crippen LogP contribution in [0, 0.1) is 0 Å². The van der Waals surface area contributed by atoms with Gasteiger partial charge in [0.15, 0.2) is 6.10 Å². The SMILES string of the molecule is CCCC/C=C\CCCCCCCCOCC(COC(=O)CCCCCCCCC/C=C\CCCCCCCC)OC(=O)CCCCCCC. The number of hydrogen-bond donors (Lipinski definition) is 0. The van der Waals surface area contributed by atoms with Gasteiger partial charge in [-0.15, -0.1) is 0 Å². The summed E-state index contributed by atoms with van der Waals surface area (Å²) in [7, 11) is 0. The normalized spacial score (nSPS) is 12.3. The molecule has 0 rings (SSSR count). The van der Waals surface area contributed by atoms with Crippen molar-refractivity contribution in [2.75, 3.05) is 19.8 Å². The maximum Gasteiger partial charge on any atom is 0.306 e. The Morgan fingerprint density at radius 3 is 1.28 bits per heavy atom. The van der Waals surface area contributed by atoms with Gasteiger partial charge in [-0.25, -0.2) is 0 Å². The fraction of sp³-hybridized carbons (Fsp3) is 0.867. The number of carbonyl (C=O) groups is 2. The van der Waals surface area contributed by atoms with E-state index >= 15 is 0 Å². The Bertz CT molecular complexity index is 761. The molecule has 5 heteroatoms. The van der Waals surface area contributed by atoms with Crippen LogP contribution in [0.4, 0.5) is 0 Å². The minimum atomic E-state index is -0.530. The zero-order chi connectivity index (χ0) is 36.4. The molecule has 0 aromatic rings. The molecule has 5 nitrogen and oxygen atoms in total. The largest absolute Gasteiger partial charge is 0.462 e. The van der Waals surface area contributed by atoms with E-state index in [2.05, 4.69) is 45.1 Å². The Balaban J connectivity index is 4.04. The van der Waals surface area contributed by atoms with E-state index in [9.17, 15) is 9.59 Å². The highest BCUT2D eigenvalue weighted by Gasteiger charge is 2.17. The van der Waals surface area contributed by atoms with Crippen LogP contribution in [0.1, 0.15) is 226 Å². The molecule has 0 saturated carbocycles. The van der Waals surface area contributed by atoms with Gasteiger partial charge in [-0.3, -0.25) is 9.59 Å². The van der Waals surface area contributed by atoms with E-state index in [1.807, 2.05) is 0 Å². The smallest absolute Gasteiger partial charge is 0.306 e. The average Bonchev–Trinajstić information content (AvgIpc) is 3.11. The van der Waals surface area contributed by atoms with Gasteiger partial charge in [-0.05, 0) is 64.2 Å². The molecule has 0 N–H and O–H groups in total. The van der Waals surface area contributed by atoms with Crippen LogP contribution in [-0.2, 0) is 23.8 Å². The second-order valence-electron chi connectivity index (χ2n) is 14.6. The monoisotopic (exact) mass is 705 g/mol. The van der Waals surface area contributed by atoms with Gasteiger partial charge in [-0.1, -0.05) is 173 Å². The summed E-state index contributed by atoms with van der Waals surface area (Å²) in [6, 6.07) is 0. The highest BCUT2D eigenvalue weighted by atomic mass is 16.6. The molecule has 0 aromatic heterocycles. The van der Waals surface area contributed by atoms with Crippen molar-refractivity contribution in [1.82, 2.24) is 0 Å². The number of ether oxygens (including phenoxy) is 3. The molecule has 0 aliphatic carbocycles. The number of hydrogen-bond acceptors (Lipinski definition) is 5. The minimum Gasteiger partial charge on any atom is -0.462 e. The molecule has 0 radical (unpaired) electrons. The third-order valence-electron chi connectivity index (χ3n) is 9.46. The van der Waals surface area contributed by atoms with Gasteiger partial charge < -0.3 is 14.2 Å². The van der Waals surface area contributed by atoms with Crippen molar-refractivity contribution in [2.45, 2.75) is 232 Å². The Kier molecular flexibility index (Phi) is 40.4. The second-order valence-corrected chi connectivity index (χ2v) is 14.6. The van der Waals surface area contributed by atoms with Crippen LogP contribution in [0.15, 0.2) is 24.3 Å². The predicted molar refractivity (Wildman–Crippen MR) is 215 cm³/mol. The fourth-order valence-electron chi connectivity index (χ4n) is 6.13. The zero-order valence-corrected chi connectivity index (χ0v) is 33.7. The topological polar surface area (TPSA) is 61.8 Å². The van der Waals surface area contributed by atoms with Gasteiger partial charge in [-0.2, -0.15) is 0 Å². The van der Waals surface area contributed by atoms with Crippen LogP contribution in [0.5, 0.6) is 0 Å². The van der Waals surface area contributed by atoms with E-state index in [4.69, 9.17) is 14.2 Å². The van der Waals surface area contributed by atoms with Crippen LogP contribution in [-0.4, -0.2) is 37.9 Å². The summed E-state index contributed by atoms with van der Waals surface area (Å²) in [5, 5.41) is 0. The van der Waals surface area contributed by atoms with Gasteiger partial charge in [0.05, 0.1) is 6.61 Å². The molecule has 0 amide bonds. The Labute approximate surface area is 311 Å². The third kappa shape index (κ3) is 39.2. The number of carbonyl (C=O) groups excluding carboxylic acids is 2. The quantitative estimate of drug-likeness (QED) is 0.0361. The van der Waals surface area contributed by atoms with Crippen molar-refractivity contribution in [3.05, 3.63) is 24.3 Å². The summed E-state index contributed by atoms with van der Waals surface area (Å²) in [4.78, 5) is 25.0. The lowest BCUT2D eigenvalue weighted by Crippen LogP contribution is -2.30. The lowest BCUT2D eigenvalue weighted by atomic mass is 10.1. The maximum atomic E-state index is 12.5. The van der Waals surface area contributed by atoms with Crippen molar-refractivity contribution in [3.63, 3.8) is 0 Å². The molecule has 0 aromatic carbocycles. The molecule has 1 atom stereocenters. The molecule has 0 heterocycles. The van der Waals surface area contributed by atoms with Crippen molar-refractivity contribution < 1.29 is 23.8 Å². The standard InChI is InChI=1S/C45H84O5/c1-4-7-10-13-15-17-19-21-22-23-24-25-26-28-30-33-35-38-44(46)49-42-43(50-45(47)39-36-32-12-9-6-3)41-48-40-37-34-31-29-27-20-18-16-14-11-8-5-2/h14,16,21-22,43H,4-13,15,17-20,23-42H2,1-3H3/b16-14-,22-21-. The molecular formula is C45H84O5. The summed E-state index contributed by atoms with van der Waals surface area (Å²) >= 11 is 0. The van der Waals surface area contributed by atoms with Gasteiger partial charge >= 0.3 is 11.9 Å². The molecule has 0 aliphatic heterocycles. The van der Waals surface area contributed by atoms with Gasteiger partial charge in [0.1, 0.15) is 6.61 Å². The number of unbranched alkanes of at least 4 members (excludes halogenated alkanes) is 25. The van der Waals surface area contributed by atoms with Gasteiger partial charge in [0.2, 0.25) is 0 Å².